The van der Waals surface area contributed by atoms with Gasteiger partial charge in [-0.2, -0.15) is 11.8 Å². The lowest BCUT2D eigenvalue weighted by atomic mass is 10.4. The van der Waals surface area contributed by atoms with Crippen LogP contribution in [0.2, 0.25) is 0 Å². The minimum Gasteiger partial charge on any atom is -0.368 e. The van der Waals surface area contributed by atoms with Crippen LogP contribution in [0, 0.1) is 10.1 Å². The Bertz CT molecular complexity index is 389. The van der Waals surface area contributed by atoms with Gasteiger partial charge in [0, 0.05) is 17.9 Å². The first-order valence-electron chi connectivity index (χ1n) is 4.61. The minimum atomic E-state index is -0.466. The molecule has 16 heavy (non-hydrogen) atoms. The number of hydrogen-bond donors (Lipinski definition) is 1. The Labute approximate surface area is 106 Å². The number of rotatable bonds is 5. The SMILES string of the molecule is CSC(C)CNc1ncc([N+](=O)[O-])cc1Br. The number of nitro groups is 1. The van der Waals surface area contributed by atoms with E-state index in [-0.39, 0.29) is 5.69 Å². The predicted molar refractivity (Wildman–Crippen MR) is 70.1 cm³/mol. The van der Waals surface area contributed by atoms with Crippen LogP contribution >= 0.6 is 27.7 Å². The highest BCUT2D eigenvalue weighted by Gasteiger charge is 2.10. The normalized spacial score (nSPS) is 12.2. The molecule has 0 radical (unpaired) electrons. The fourth-order valence-electron chi connectivity index (χ4n) is 0.981. The minimum absolute atomic E-state index is 0.0182. The summed E-state index contributed by atoms with van der Waals surface area (Å²) in [7, 11) is 0. The smallest absolute Gasteiger partial charge is 0.288 e. The van der Waals surface area contributed by atoms with E-state index in [0.717, 1.165) is 6.54 Å². The molecule has 1 atom stereocenters. The zero-order chi connectivity index (χ0) is 12.1. The number of pyridine rings is 1. The lowest BCUT2D eigenvalue weighted by Crippen LogP contribution is -2.13. The van der Waals surface area contributed by atoms with Crippen LogP contribution in [0.3, 0.4) is 0 Å². The molecule has 1 aromatic heterocycles. The molecule has 1 N–H and O–H groups in total. The molecular formula is C9H12BrN3O2S. The van der Waals surface area contributed by atoms with Gasteiger partial charge >= 0.3 is 0 Å². The van der Waals surface area contributed by atoms with Gasteiger partial charge in [0.05, 0.1) is 9.40 Å². The molecule has 0 saturated carbocycles. The van der Waals surface area contributed by atoms with E-state index < -0.39 is 4.92 Å². The molecule has 7 heteroatoms. The Balaban J connectivity index is 2.72. The lowest BCUT2D eigenvalue weighted by Gasteiger charge is -2.11. The zero-order valence-electron chi connectivity index (χ0n) is 8.94. The molecule has 0 saturated heterocycles. The summed E-state index contributed by atoms with van der Waals surface area (Å²) in [6.07, 6.45) is 3.28. The highest BCUT2D eigenvalue weighted by Crippen LogP contribution is 2.24. The largest absolute Gasteiger partial charge is 0.368 e. The van der Waals surface area contributed by atoms with Crippen molar-refractivity contribution in [3.8, 4) is 0 Å². The van der Waals surface area contributed by atoms with Gasteiger partial charge in [-0.05, 0) is 22.2 Å². The first kappa shape index (κ1) is 13.2. The van der Waals surface area contributed by atoms with Crippen LogP contribution < -0.4 is 5.32 Å². The maximum Gasteiger partial charge on any atom is 0.288 e. The monoisotopic (exact) mass is 305 g/mol. The van der Waals surface area contributed by atoms with E-state index in [0.29, 0.717) is 15.5 Å². The van der Waals surface area contributed by atoms with Crippen LogP contribution in [0.15, 0.2) is 16.7 Å². The van der Waals surface area contributed by atoms with Crippen LogP contribution in [-0.4, -0.2) is 28.0 Å². The van der Waals surface area contributed by atoms with Crippen molar-refractivity contribution in [3.05, 3.63) is 26.9 Å². The molecular weight excluding hydrogens is 294 g/mol. The van der Waals surface area contributed by atoms with Gasteiger partial charge in [0.1, 0.15) is 12.0 Å². The van der Waals surface area contributed by atoms with Crippen LogP contribution in [0.5, 0.6) is 0 Å². The van der Waals surface area contributed by atoms with Crippen molar-refractivity contribution in [2.45, 2.75) is 12.2 Å². The third-order valence-corrected chi connectivity index (χ3v) is 3.57. The van der Waals surface area contributed by atoms with Crippen molar-refractivity contribution in [1.29, 1.82) is 0 Å². The van der Waals surface area contributed by atoms with Crippen LogP contribution in [0.25, 0.3) is 0 Å². The molecule has 0 aliphatic heterocycles. The van der Waals surface area contributed by atoms with E-state index >= 15 is 0 Å². The van der Waals surface area contributed by atoms with E-state index in [4.69, 9.17) is 0 Å². The molecule has 1 rings (SSSR count). The number of halogens is 1. The fraction of sp³-hybridized carbons (Fsp3) is 0.444. The third-order valence-electron chi connectivity index (χ3n) is 2.00. The second-order valence-corrected chi connectivity index (χ2v) is 5.34. The number of thioether (sulfide) groups is 1. The second kappa shape index (κ2) is 6.05. The Morgan fingerprint density at radius 3 is 2.94 bits per heavy atom. The number of anilines is 1. The van der Waals surface area contributed by atoms with Crippen molar-refractivity contribution in [3.63, 3.8) is 0 Å². The molecule has 0 aromatic carbocycles. The van der Waals surface area contributed by atoms with Gasteiger partial charge in [0.15, 0.2) is 0 Å². The first-order valence-corrected chi connectivity index (χ1v) is 6.69. The molecule has 0 aliphatic carbocycles. The average Bonchev–Trinajstić information content (AvgIpc) is 2.26. The van der Waals surface area contributed by atoms with Gasteiger partial charge in [-0.15, -0.1) is 0 Å². The molecule has 0 aliphatic rings. The summed E-state index contributed by atoms with van der Waals surface area (Å²) >= 11 is 5.00. The van der Waals surface area contributed by atoms with Gasteiger partial charge in [-0.3, -0.25) is 10.1 Å². The summed E-state index contributed by atoms with van der Waals surface area (Å²) < 4.78 is 0.606. The molecule has 88 valence electrons. The highest BCUT2D eigenvalue weighted by molar-refractivity contribution is 9.10. The van der Waals surface area contributed by atoms with E-state index in [1.807, 2.05) is 6.26 Å². The second-order valence-electron chi connectivity index (χ2n) is 3.21. The fourth-order valence-corrected chi connectivity index (χ4v) is 1.71. The summed E-state index contributed by atoms with van der Waals surface area (Å²) in [5.74, 6) is 0.631. The Kier molecular flexibility index (Phi) is 5.01. The summed E-state index contributed by atoms with van der Waals surface area (Å²) in [6.45, 7) is 2.86. The Morgan fingerprint density at radius 1 is 1.75 bits per heavy atom. The first-order chi connectivity index (χ1) is 7.54. The van der Waals surface area contributed by atoms with Gasteiger partial charge < -0.3 is 5.32 Å². The van der Waals surface area contributed by atoms with E-state index in [1.165, 1.54) is 12.3 Å². The van der Waals surface area contributed by atoms with Crippen LogP contribution in [0.1, 0.15) is 6.92 Å². The van der Waals surface area contributed by atoms with Gasteiger partial charge in [0.2, 0.25) is 0 Å². The molecule has 1 heterocycles. The molecule has 0 bridgehead atoms. The van der Waals surface area contributed by atoms with Crippen molar-refractivity contribution in [1.82, 2.24) is 4.98 Å². The van der Waals surface area contributed by atoms with Gasteiger partial charge in [0.25, 0.3) is 5.69 Å². The number of nitrogens with zero attached hydrogens (tertiary/aromatic N) is 2. The van der Waals surface area contributed by atoms with Crippen molar-refractivity contribution >= 4 is 39.2 Å². The number of hydrogen-bond acceptors (Lipinski definition) is 5. The summed E-state index contributed by atoms with van der Waals surface area (Å²) in [6, 6.07) is 1.44. The van der Waals surface area contributed by atoms with E-state index in [9.17, 15) is 10.1 Å². The average molecular weight is 306 g/mol. The van der Waals surface area contributed by atoms with Crippen molar-refractivity contribution in [2.75, 3.05) is 18.1 Å². The third kappa shape index (κ3) is 3.64. The molecule has 1 unspecified atom stereocenters. The standard InChI is InChI=1S/C9H12BrN3O2S/c1-6(16-2)4-11-9-8(10)3-7(5-12-9)13(14)15/h3,5-6H,4H2,1-2H3,(H,11,12). The lowest BCUT2D eigenvalue weighted by molar-refractivity contribution is -0.385. The van der Waals surface area contributed by atoms with Crippen LogP contribution in [0.4, 0.5) is 11.5 Å². The maximum absolute atomic E-state index is 10.5. The topological polar surface area (TPSA) is 68.1 Å². The van der Waals surface area contributed by atoms with E-state index in [2.05, 4.69) is 33.2 Å². The highest BCUT2D eigenvalue weighted by atomic mass is 79.9. The molecule has 0 spiro atoms. The zero-order valence-corrected chi connectivity index (χ0v) is 11.3. The van der Waals surface area contributed by atoms with Crippen molar-refractivity contribution in [2.24, 2.45) is 0 Å². The quantitative estimate of drug-likeness (QED) is 0.669. The molecule has 1 aromatic rings. The Hall–Kier alpha value is -0.820. The summed E-state index contributed by atoms with van der Waals surface area (Å²) in [5, 5.41) is 14.1. The summed E-state index contributed by atoms with van der Waals surface area (Å²) in [4.78, 5) is 14.0. The molecule has 0 amide bonds. The van der Waals surface area contributed by atoms with E-state index in [1.54, 1.807) is 11.8 Å². The number of nitrogens with one attached hydrogen (secondary N) is 1. The van der Waals surface area contributed by atoms with Gasteiger partial charge in [-0.25, -0.2) is 4.98 Å². The Morgan fingerprint density at radius 2 is 2.44 bits per heavy atom. The molecule has 0 fully saturated rings. The molecule has 5 nitrogen and oxygen atoms in total. The predicted octanol–water partition coefficient (Wildman–Crippen LogP) is 2.92. The maximum atomic E-state index is 10.5. The van der Waals surface area contributed by atoms with Gasteiger partial charge in [-0.1, -0.05) is 6.92 Å². The van der Waals surface area contributed by atoms with Crippen LogP contribution in [-0.2, 0) is 0 Å². The summed E-state index contributed by atoms with van der Waals surface area (Å²) in [5.41, 5.74) is -0.0182. The van der Waals surface area contributed by atoms with Crippen molar-refractivity contribution < 1.29 is 4.92 Å². The number of aromatic nitrogens is 1.